The summed E-state index contributed by atoms with van der Waals surface area (Å²) in [6, 6.07) is 5.88. The van der Waals surface area contributed by atoms with E-state index in [1.54, 1.807) is 7.11 Å². The standard InChI is InChI=1S/C12H16BrNO2S/c1-15-11-3-2-9(13)8-12(11)17(14)10-4-6-16-7-5-10/h2-3,8,10,14H,4-7H2,1H3. The van der Waals surface area contributed by atoms with Crippen molar-refractivity contribution in [2.24, 2.45) is 0 Å². The van der Waals surface area contributed by atoms with Crippen molar-refractivity contribution in [2.45, 2.75) is 23.0 Å². The lowest BCUT2D eigenvalue weighted by atomic mass is 10.2. The van der Waals surface area contributed by atoms with Gasteiger partial charge in [0.2, 0.25) is 0 Å². The summed E-state index contributed by atoms with van der Waals surface area (Å²) in [7, 11) is 1.13. The lowest BCUT2D eigenvalue weighted by Crippen LogP contribution is -2.24. The molecule has 0 spiro atoms. The van der Waals surface area contributed by atoms with Crippen molar-refractivity contribution in [1.82, 2.24) is 0 Å². The molecule has 1 N–H and O–H groups in total. The summed E-state index contributed by atoms with van der Waals surface area (Å²) in [6.45, 7) is 1.56. The summed E-state index contributed by atoms with van der Waals surface area (Å²) < 4.78 is 20.1. The summed E-state index contributed by atoms with van der Waals surface area (Å²) >= 11 is 3.46. The first-order chi connectivity index (χ1) is 8.22. The minimum absolute atomic E-state index is 0.395. The number of hydrogen-bond acceptors (Lipinski definition) is 3. The molecule has 3 nitrogen and oxygen atoms in total. The molecule has 1 saturated heterocycles. The number of rotatable bonds is 3. The number of nitrogens with one attached hydrogen (secondary N) is 1. The van der Waals surface area contributed by atoms with Crippen LogP contribution in [0.25, 0.3) is 0 Å². The molecule has 0 amide bonds. The highest BCUT2D eigenvalue weighted by Gasteiger charge is 2.21. The van der Waals surface area contributed by atoms with Gasteiger partial charge in [-0.3, -0.25) is 4.78 Å². The van der Waals surface area contributed by atoms with Crippen molar-refractivity contribution in [1.29, 1.82) is 4.78 Å². The molecule has 1 aliphatic heterocycles. The molecule has 0 bridgehead atoms. The summed E-state index contributed by atoms with van der Waals surface area (Å²) in [5, 5.41) is 0.395. The smallest absolute Gasteiger partial charge is 0.133 e. The van der Waals surface area contributed by atoms with E-state index in [0.717, 1.165) is 41.2 Å². The molecule has 0 saturated carbocycles. The lowest BCUT2D eigenvalue weighted by molar-refractivity contribution is 0.0996. The van der Waals surface area contributed by atoms with E-state index in [1.165, 1.54) is 0 Å². The largest absolute Gasteiger partial charge is 0.496 e. The van der Waals surface area contributed by atoms with Crippen LogP contribution in [0.3, 0.4) is 0 Å². The average molecular weight is 318 g/mol. The van der Waals surface area contributed by atoms with E-state index in [4.69, 9.17) is 14.3 Å². The molecule has 0 radical (unpaired) electrons. The average Bonchev–Trinajstić information content (AvgIpc) is 2.39. The van der Waals surface area contributed by atoms with Crippen LogP contribution in [0.5, 0.6) is 5.75 Å². The molecular weight excluding hydrogens is 302 g/mol. The third-order valence-corrected chi connectivity index (χ3v) is 5.29. The first-order valence-electron chi connectivity index (χ1n) is 5.58. The van der Waals surface area contributed by atoms with Crippen LogP contribution in [0.15, 0.2) is 27.6 Å². The van der Waals surface area contributed by atoms with Gasteiger partial charge in [0.15, 0.2) is 0 Å². The number of ether oxygens (including phenoxy) is 2. The number of benzene rings is 1. The molecule has 94 valence electrons. The molecule has 5 heteroatoms. The van der Waals surface area contributed by atoms with Gasteiger partial charge in [-0.05, 0) is 31.0 Å². The maximum absolute atomic E-state index is 8.42. The Labute approximate surface area is 113 Å². The number of methoxy groups -OCH3 is 1. The van der Waals surface area contributed by atoms with Gasteiger partial charge in [0, 0.05) is 22.9 Å². The maximum Gasteiger partial charge on any atom is 0.133 e. The molecule has 2 rings (SSSR count). The molecule has 1 unspecified atom stereocenters. The van der Waals surface area contributed by atoms with E-state index in [2.05, 4.69) is 15.9 Å². The highest BCUT2D eigenvalue weighted by molar-refractivity contribution is 9.10. The van der Waals surface area contributed by atoms with Crippen LogP contribution in [0.4, 0.5) is 0 Å². The fourth-order valence-corrected chi connectivity index (χ4v) is 4.07. The second-order valence-corrected chi connectivity index (χ2v) is 6.64. The molecule has 0 aromatic heterocycles. The monoisotopic (exact) mass is 317 g/mol. The first-order valence-corrected chi connectivity index (χ1v) is 7.66. The SMILES string of the molecule is COc1ccc(Br)cc1S(=N)C1CCOCC1. The van der Waals surface area contributed by atoms with Gasteiger partial charge in [0.25, 0.3) is 0 Å². The third-order valence-electron chi connectivity index (χ3n) is 2.86. The van der Waals surface area contributed by atoms with Crippen molar-refractivity contribution in [3.05, 3.63) is 22.7 Å². The zero-order chi connectivity index (χ0) is 12.3. The molecule has 0 aliphatic carbocycles. The van der Waals surface area contributed by atoms with E-state index >= 15 is 0 Å². The summed E-state index contributed by atoms with van der Waals surface area (Å²) in [6.07, 6.45) is 1.95. The van der Waals surface area contributed by atoms with E-state index in [0.29, 0.717) is 5.25 Å². The number of hydrogen-bond donors (Lipinski definition) is 1. The van der Waals surface area contributed by atoms with Crippen LogP contribution in [0.2, 0.25) is 0 Å². The van der Waals surface area contributed by atoms with Gasteiger partial charge >= 0.3 is 0 Å². The minimum Gasteiger partial charge on any atom is -0.496 e. The Morgan fingerprint density at radius 3 is 2.76 bits per heavy atom. The van der Waals surface area contributed by atoms with E-state index in [-0.39, 0.29) is 0 Å². The Morgan fingerprint density at radius 2 is 2.12 bits per heavy atom. The summed E-state index contributed by atoms with van der Waals surface area (Å²) in [5.74, 6) is 0.818. The van der Waals surface area contributed by atoms with Gasteiger partial charge in [0.05, 0.1) is 12.0 Å². The fraction of sp³-hybridized carbons (Fsp3) is 0.500. The highest BCUT2D eigenvalue weighted by Crippen LogP contribution is 2.30. The number of halogens is 1. The molecular formula is C12H16BrNO2S. The zero-order valence-corrected chi connectivity index (χ0v) is 12.1. The maximum atomic E-state index is 8.42. The normalized spacial score (nSPS) is 18.9. The van der Waals surface area contributed by atoms with Gasteiger partial charge in [-0.15, -0.1) is 0 Å². The van der Waals surface area contributed by atoms with Gasteiger partial charge in [-0.2, -0.15) is 0 Å². The van der Waals surface area contributed by atoms with Crippen molar-refractivity contribution >= 4 is 26.6 Å². The Balaban J connectivity index is 2.25. The van der Waals surface area contributed by atoms with Gasteiger partial charge in [0.1, 0.15) is 5.75 Å². The molecule has 1 aromatic carbocycles. The second-order valence-electron chi connectivity index (χ2n) is 3.94. The van der Waals surface area contributed by atoms with E-state index in [9.17, 15) is 0 Å². The Bertz CT molecular complexity index is 419. The molecule has 1 aromatic rings. The molecule has 1 aliphatic rings. The Morgan fingerprint density at radius 1 is 1.41 bits per heavy atom. The molecule has 17 heavy (non-hydrogen) atoms. The van der Waals surface area contributed by atoms with Crippen LogP contribution >= 0.6 is 15.9 Å². The zero-order valence-electron chi connectivity index (χ0n) is 9.74. The van der Waals surface area contributed by atoms with Crippen molar-refractivity contribution < 1.29 is 9.47 Å². The van der Waals surface area contributed by atoms with Crippen LogP contribution in [0, 0.1) is 4.78 Å². The van der Waals surface area contributed by atoms with Crippen LogP contribution < -0.4 is 4.74 Å². The topological polar surface area (TPSA) is 42.3 Å². The highest BCUT2D eigenvalue weighted by atomic mass is 79.9. The predicted molar refractivity (Wildman–Crippen MR) is 72.9 cm³/mol. The van der Waals surface area contributed by atoms with Crippen molar-refractivity contribution in [2.75, 3.05) is 20.3 Å². The molecule has 1 atom stereocenters. The van der Waals surface area contributed by atoms with E-state index < -0.39 is 10.7 Å². The first kappa shape index (κ1) is 13.1. The van der Waals surface area contributed by atoms with Crippen LogP contribution in [-0.2, 0) is 15.4 Å². The Kier molecular flexibility index (Phi) is 4.59. The summed E-state index contributed by atoms with van der Waals surface area (Å²) in [4.78, 5) is 0.994. The van der Waals surface area contributed by atoms with E-state index in [1.807, 2.05) is 18.2 Å². The van der Waals surface area contributed by atoms with Gasteiger partial charge in [-0.1, -0.05) is 26.6 Å². The summed E-state index contributed by atoms with van der Waals surface area (Å²) in [5.41, 5.74) is 0. The fourth-order valence-electron chi connectivity index (χ4n) is 1.91. The van der Waals surface area contributed by atoms with Gasteiger partial charge < -0.3 is 9.47 Å². The Hall–Kier alpha value is -0.390. The third kappa shape index (κ3) is 3.09. The quantitative estimate of drug-likeness (QED) is 0.928. The van der Waals surface area contributed by atoms with Gasteiger partial charge in [-0.25, -0.2) is 0 Å². The van der Waals surface area contributed by atoms with Crippen LogP contribution in [0.1, 0.15) is 12.8 Å². The van der Waals surface area contributed by atoms with Crippen molar-refractivity contribution in [3.8, 4) is 5.75 Å². The molecule has 1 heterocycles. The predicted octanol–water partition coefficient (Wildman–Crippen LogP) is 3.38. The van der Waals surface area contributed by atoms with Crippen molar-refractivity contribution in [3.63, 3.8) is 0 Å². The molecule has 1 fully saturated rings. The van der Waals surface area contributed by atoms with Crippen LogP contribution in [-0.4, -0.2) is 25.6 Å². The minimum atomic E-state index is -0.527. The second kappa shape index (κ2) is 5.98. The lowest BCUT2D eigenvalue weighted by Gasteiger charge is -2.24.